The molecular weight excluding hydrogens is 368 g/mol. The Labute approximate surface area is 170 Å². The second-order valence-corrected chi connectivity index (χ2v) is 9.05. The lowest BCUT2D eigenvalue weighted by Crippen LogP contribution is -2.27. The van der Waals surface area contributed by atoms with Crippen molar-refractivity contribution in [2.45, 2.75) is 65.3 Å². The van der Waals surface area contributed by atoms with Gasteiger partial charge in [-0.25, -0.2) is 4.68 Å². The van der Waals surface area contributed by atoms with E-state index < -0.39 is 0 Å². The SMILES string of the molecule is CC(C)(C)c1cc(NC(=O)CCc2nc(-c3cccnc3)no2)n(C(C)(C)C)n1. The summed E-state index contributed by atoms with van der Waals surface area (Å²) in [5, 5.41) is 11.6. The van der Waals surface area contributed by atoms with Gasteiger partial charge in [-0.15, -0.1) is 0 Å². The van der Waals surface area contributed by atoms with E-state index in [1.165, 1.54) is 0 Å². The lowest BCUT2D eigenvalue weighted by molar-refractivity contribution is -0.116. The van der Waals surface area contributed by atoms with Crippen LogP contribution in [0.25, 0.3) is 11.4 Å². The molecule has 0 radical (unpaired) electrons. The lowest BCUT2D eigenvalue weighted by Gasteiger charge is -2.23. The molecule has 8 nitrogen and oxygen atoms in total. The van der Waals surface area contributed by atoms with E-state index >= 15 is 0 Å². The minimum Gasteiger partial charge on any atom is -0.339 e. The van der Waals surface area contributed by atoms with Crippen LogP contribution in [0.1, 0.15) is 59.5 Å². The Morgan fingerprint density at radius 2 is 1.97 bits per heavy atom. The number of pyridine rings is 1. The quantitative estimate of drug-likeness (QED) is 0.701. The highest BCUT2D eigenvalue weighted by molar-refractivity contribution is 5.90. The van der Waals surface area contributed by atoms with Crippen molar-refractivity contribution in [2.24, 2.45) is 0 Å². The van der Waals surface area contributed by atoms with Crippen molar-refractivity contribution in [1.82, 2.24) is 24.9 Å². The van der Waals surface area contributed by atoms with E-state index in [-0.39, 0.29) is 23.3 Å². The van der Waals surface area contributed by atoms with Gasteiger partial charge >= 0.3 is 0 Å². The minimum atomic E-state index is -0.253. The Balaban J connectivity index is 1.67. The highest BCUT2D eigenvalue weighted by Crippen LogP contribution is 2.28. The highest BCUT2D eigenvalue weighted by Gasteiger charge is 2.25. The summed E-state index contributed by atoms with van der Waals surface area (Å²) in [6.45, 7) is 12.5. The van der Waals surface area contributed by atoms with Gasteiger partial charge in [-0.2, -0.15) is 10.1 Å². The fraction of sp³-hybridized carbons (Fsp3) is 0.476. The van der Waals surface area contributed by atoms with Crippen molar-refractivity contribution in [1.29, 1.82) is 0 Å². The first-order valence-corrected chi connectivity index (χ1v) is 9.68. The number of aromatic nitrogens is 5. The van der Waals surface area contributed by atoms with Gasteiger partial charge < -0.3 is 9.84 Å². The summed E-state index contributed by atoms with van der Waals surface area (Å²) in [7, 11) is 0. The van der Waals surface area contributed by atoms with Crippen LogP contribution in [0.3, 0.4) is 0 Å². The van der Waals surface area contributed by atoms with Crippen LogP contribution in [0.5, 0.6) is 0 Å². The number of anilines is 1. The van der Waals surface area contributed by atoms with Gasteiger partial charge in [-0.05, 0) is 32.9 Å². The van der Waals surface area contributed by atoms with Gasteiger partial charge in [0.2, 0.25) is 17.6 Å². The Kier molecular flexibility index (Phi) is 5.55. The fourth-order valence-electron chi connectivity index (χ4n) is 2.74. The number of hydrogen-bond acceptors (Lipinski definition) is 6. The number of carbonyl (C=O) groups excluding carboxylic acids is 1. The van der Waals surface area contributed by atoms with Gasteiger partial charge in [0.15, 0.2) is 0 Å². The Morgan fingerprint density at radius 3 is 2.59 bits per heavy atom. The molecule has 1 N–H and O–H groups in total. The Morgan fingerprint density at radius 1 is 1.21 bits per heavy atom. The van der Waals surface area contributed by atoms with Crippen LogP contribution in [-0.4, -0.2) is 30.8 Å². The number of nitrogens with one attached hydrogen (secondary N) is 1. The molecule has 0 aromatic carbocycles. The van der Waals surface area contributed by atoms with E-state index in [9.17, 15) is 4.79 Å². The van der Waals surface area contributed by atoms with Crippen molar-refractivity contribution in [3.8, 4) is 11.4 Å². The summed E-state index contributed by atoms with van der Waals surface area (Å²) < 4.78 is 7.12. The Bertz CT molecular complexity index is 977. The topological polar surface area (TPSA) is 98.7 Å². The predicted molar refractivity (Wildman–Crippen MR) is 110 cm³/mol. The largest absolute Gasteiger partial charge is 0.339 e. The highest BCUT2D eigenvalue weighted by atomic mass is 16.5. The molecule has 3 heterocycles. The zero-order chi connectivity index (χ0) is 21.2. The van der Waals surface area contributed by atoms with Crippen molar-refractivity contribution >= 4 is 11.7 Å². The molecule has 0 aliphatic rings. The van der Waals surface area contributed by atoms with Crippen LogP contribution in [0.2, 0.25) is 0 Å². The zero-order valence-electron chi connectivity index (χ0n) is 17.9. The summed E-state index contributed by atoms with van der Waals surface area (Å²) in [6, 6.07) is 5.61. The third kappa shape index (κ3) is 5.07. The van der Waals surface area contributed by atoms with Crippen LogP contribution in [0.15, 0.2) is 35.1 Å². The molecule has 0 aliphatic carbocycles. The summed E-state index contributed by atoms with van der Waals surface area (Å²) in [5.74, 6) is 1.44. The van der Waals surface area contributed by atoms with E-state index in [1.807, 2.05) is 22.9 Å². The first-order chi connectivity index (χ1) is 13.5. The van der Waals surface area contributed by atoms with Gasteiger partial charge in [0.05, 0.1) is 11.2 Å². The average Bonchev–Trinajstić information content (AvgIpc) is 3.27. The van der Waals surface area contributed by atoms with Crippen LogP contribution in [0.4, 0.5) is 5.82 Å². The number of amides is 1. The van der Waals surface area contributed by atoms with Crippen LogP contribution in [0, 0.1) is 0 Å². The van der Waals surface area contributed by atoms with Gasteiger partial charge in [0.25, 0.3) is 0 Å². The molecule has 1 amide bonds. The van der Waals surface area contributed by atoms with Crippen LogP contribution >= 0.6 is 0 Å². The summed E-state index contributed by atoms with van der Waals surface area (Å²) in [5.41, 5.74) is 1.34. The average molecular weight is 396 g/mol. The fourth-order valence-corrected chi connectivity index (χ4v) is 2.74. The maximum absolute atomic E-state index is 12.5. The predicted octanol–water partition coefficient (Wildman–Crippen LogP) is 3.95. The molecule has 0 bridgehead atoms. The molecule has 8 heteroatoms. The molecule has 3 aromatic heterocycles. The number of hydrogen-bond donors (Lipinski definition) is 1. The molecule has 0 saturated carbocycles. The van der Waals surface area contributed by atoms with E-state index in [1.54, 1.807) is 12.4 Å². The van der Waals surface area contributed by atoms with E-state index in [0.29, 0.717) is 24.0 Å². The van der Waals surface area contributed by atoms with Crippen LogP contribution < -0.4 is 5.32 Å². The van der Waals surface area contributed by atoms with E-state index in [0.717, 1.165) is 11.3 Å². The number of rotatable bonds is 5. The van der Waals surface area contributed by atoms with Crippen molar-refractivity contribution in [3.63, 3.8) is 0 Å². The molecule has 3 rings (SSSR count). The van der Waals surface area contributed by atoms with Crippen molar-refractivity contribution in [3.05, 3.63) is 42.2 Å². The minimum absolute atomic E-state index is 0.109. The molecule has 0 atom stereocenters. The summed E-state index contributed by atoms with van der Waals surface area (Å²) in [6.07, 6.45) is 3.94. The molecule has 29 heavy (non-hydrogen) atoms. The standard InChI is InChI=1S/C21H28N6O2/c1-20(2,3)15-12-16(27(25-15)21(4,5)6)23-17(28)9-10-18-24-19(26-29-18)14-8-7-11-22-13-14/h7-8,11-13H,9-10H2,1-6H3,(H,23,28). The maximum atomic E-state index is 12.5. The van der Waals surface area contributed by atoms with Gasteiger partial charge in [0.1, 0.15) is 5.82 Å². The van der Waals surface area contributed by atoms with Gasteiger partial charge in [0, 0.05) is 42.3 Å². The van der Waals surface area contributed by atoms with Gasteiger partial charge in [-0.3, -0.25) is 9.78 Å². The molecule has 0 aliphatic heterocycles. The van der Waals surface area contributed by atoms with E-state index in [4.69, 9.17) is 9.62 Å². The molecular formula is C21H28N6O2. The van der Waals surface area contributed by atoms with Crippen LogP contribution in [-0.2, 0) is 22.2 Å². The lowest BCUT2D eigenvalue weighted by atomic mass is 9.92. The van der Waals surface area contributed by atoms with E-state index in [2.05, 4.69) is 62.0 Å². The summed E-state index contributed by atoms with van der Waals surface area (Å²) in [4.78, 5) is 20.9. The second kappa shape index (κ2) is 7.77. The monoisotopic (exact) mass is 396 g/mol. The Hall–Kier alpha value is -3.03. The smallest absolute Gasteiger partial charge is 0.227 e. The normalized spacial score (nSPS) is 12.2. The first kappa shape index (κ1) is 20.7. The molecule has 154 valence electrons. The molecule has 0 spiro atoms. The van der Waals surface area contributed by atoms with Crippen molar-refractivity contribution < 1.29 is 9.32 Å². The molecule has 0 saturated heterocycles. The number of carbonyl (C=O) groups is 1. The van der Waals surface area contributed by atoms with Gasteiger partial charge in [-0.1, -0.05) is 25.9 Å². The maximum Gasteiger partial charge on any atom is 0.227 e. The molecule has 3 aromatic rings. The number of aryl methyl sites for hydroxylation is 1. The third-order valence-electron chi connectivity index (χ3n) is 4.33. The molecule has 0 unspecified atom stereocenters. The first-order valence-electron chi connectivity index (χ1n) is 9.68. The number of nitrogens with zero attached hydrogens (tertiary/aromatic N) is 5. The summed E-state index contributed by atoms with van der Waals surface area (Å²) >= 11 is 0. The van der Waals surface area contributed by atoms with Crippen molar-refractivity contribution in [2.75, 3.05) is 5.32 Å². The molecule has 0 fully saturated rings. The second-order valence-electron chi connectivity index (χ2n) is 9.05. The zero-order valence-corrected chi connectivity index (χ0v) is 17.9. The third-order valence-corrected chi connectivity index (χ3v) is 4.33.